The molecule has 0 saturated carbocycles. The Labute approximate surface area is 84.0 Å². The first kappa shape index (κ1) is 10.6. The second-order valence-corrected chi connectivity index (χ2v) is 3.14. The fraction of sp³-hybridized carbons (Fsp3) is 0.500. The Morgan fingerprint density at radius 3 is 2.71 bits per heavy atom. The molecule has 0 bridgehead atoms. The second-order valence-electron chi connectivity index (χ2n) is 3.14. The quantitative estimate of drug-likeness (QED) is 0.798. The number of pyridine rings is 1. The normalized spacial score (nSPS) is 10.3. The minimum absolute atomic E-state index is 0.0978. The molecule has 0 radical (unpaired) electrons. The zero-order valence-corrected chi connectivity index (χ0v) is 8.78. The Hall–Kier alpha value is -1.45. The number of nitrogens with zero attached hydrogens (tertiary/aromatic N) is 1. The van der Waals surface area contributed by atoms with E-state index in [-0.39, 0.29) is 6.10 Å². The number of hydrogen-bond donors (Lipinski definition) is 1. The smallest absolute Gasteiger partial charge is 0.240 e. The van der Waals surface area contributed by atoms with E-state index in [0.717, 1.165) is 0 Å². The van der Waals surface area contributed by atoms with E-state index in [1.54, 1.807) is 12.1 Å². The van der Waals surface area contributed by atoms with E-state index in [0.29, 0.717) is 24.1 Å². The predicted molar refractivity (Wildman–Crippen MR) is 55.6 cm³/mol. The Morgan fingerprint density at radius 2 is 2.14 bits per heavy atom. The zero-order chi connectivity index (χ0) is 10.6. The van der Waals surface area contributed by atoms with Crippen LogP contribution in [0, 0.1) is 0 Å². The van der Waals surface area contributed by atoms with Gasteiger partial charge in [0, 0.05) is 6.07 Å². The second kappa shape index (κ2) is 4.69. The molecule has 14 heavy (non-hydrogen) atoms. The number of nitrogens with two attached hydrogens (primary N) is 1. The van der Waals surface area contributed by atoms with Crippen molar-refractivity contribution in [3.05, 3.63) is 12.1 Å². The van der Waals surface area contributed by atoms with Gasteiger partial charge in [-0.25, -0.2) is 0 Å². The number of anilines is 1. The molecule has 78 valence electrons. The SMILES string of the molecule is CCOc1nc(OC(C)C)ccc1N. The van der Waals surface area contributed by atoms with Gasteiger partial charge in [0.2, 0.25) is 11.8 Å². The molecular weight excluding hydrogens is 180 g/mol. The maximum atomic E-state index is 5.66. The van der Waals surface area contributed by atoms with Crippen LogP contribution in [0.25, 0.3) is 0 Å². The van der Waals surface area contributed by atoms with E-state index >= 15 is 0 Å². The average molecular weight is 196 g/mol. The number of ether oxygens (including phenoxy) is 2. The van der Waals surface area contributed by atoms with Crippen molar-refractivity contribution in [1.82, 2.24) is 4.98 Å². The molecule has 0 amide bonds. The summed E-state index contributed by atoms with van der Waals surface area (Å²) >= 11 is 0. The molecule has 2 N–H and O–H groups in total. The first-order chi connectivity index (χ1) is 6.63. The summed E-state index contributed by atoms with van der Waals surface area (Å²) in [4.78, 5) is 4.13. The van der Waals surface area contributed by atoms with Crippen molar-refractivity contribution >= 4 is 5.69 Å². The molecule has 1 aromatic rings. The highest BCUT2D eigenvalue weighted by Crippen LogP contribution is 2.22. The van der Waals surface area contributed by atoms with E-state index in [9.17, 15) is 0 Å². The molecule has 0 aromatic carbocycles. The highest BCUT2D eigenvalue weighted by atomic mass is 16.5. The van der Waals surface area contributed by atoms with Gasteiger partial charge in [-0.05, 0) is 26.8 Å². The minimum Gasteiger partial charge on any atom is -0.476 e. The molecule has 1 heterocycles. The van der Waals surface area contributed by atoms with Crippen LogP contribution in [0.5, 0.6) is 11.8 Å². The molecule has 1 rings (SSSR count). The molecular formula is C10H16N2O2. The van der Waals surface area contributed by atoms with E-state index in [4.69, 9.17) is 15.2 Å². The molecule has 0 saturated heterocycles. The Bertz CT molecular complexity index is 300. The fourth-order valence-electron chi connectivity index (χ4n) is 0.994. The largest absolute Gasteiger partial charge is 0.476 e. The number of rotatable bonds is 4. The minimum atomic E-state index is 0.0978. The van der Waals surface area contributed by atoms with E-state index in [1.165, 1.54) is 0 Å². The van der Waals surface area contributed by atoms with Crippen molar-refractivity contribution in [3.63, 3.8) is 0 Å². The standard InChI is InChI=1S/C10H16N2O2/c1-4-13-10-8(11)5-6-9(12-10)14-7(2)3/h5-7H,4,11H2,1-3H3. The van der Waals surface area contributed by atoms with Crippen LogP contribution in [0.15, 0.2) is 12.1 Å². The van der Waals surface area contributed by atoms with Gasteiger partial charge in [0.05, 0.1) is 18.4 Å². The van der Waals surface area contributed by atoms with Crippen molar-refractivity contribution < 1.29 is 9.47 Å². The van der Waals surface area contributed by atoms with Gasteiger partial charge in [-0.15, -0.1) is 0 Å². The Kier molecular flexibility index (Phi) is 3.56. The highest BCUT2D eigenvalue weighted by Gasteiger charge is 2.05. The van der Waals surface area contributed by atoms with Crippen LogP contribution in [-0.2, 0) is 0 Å². The third-order valence-electron chi connectivity index (χ3n) is 1.50. The summed E-state index contributed by atoms with van der Waals surface area (Å²) in [5.74, 6) is 0.975. The lowest BCUT2D eigenvalue weighted by molar-refractivity contribution is 0.227. The Morgan fingerprint density at radius 1 is 1.43 bits per heavy atom. The van der Waals surface area contributed by atoms with E-state index in [1.807, 2.05) is 20.8 Å². The van der Waals surface area contributed by atoms with Crippen LogP contribution in [0.3, 0.4) is 0 Å². The molecule has 0 aliphatic carbocycles. The molecule has 0 aliphatic heterocycles. The van der Waals surface area contributed by atoms with Gasteiger partial charge in [0.1, 0.15) is 0 Å². The van der Waals surface area contributed by atoms with Crippen LogP contribution >= 0.6 is 0 Å². The molecule has 0 unspecified atom stereocenters. The molecule has 0 aliphatic rings. The molecule has 0 atom stereocenters. The lowest BCUT2D eigenvalue weighted by Gasteiger charge is -2.11. The van der Waals surface area contributed by atoms with Gasteiger partial charge < -0.3 is 15.2 Å². The summed E-state index contributed by atoms with van der Waals surface area (Å²) in [6, 6.07) is 3.47. The monoisotopic (exact) mass is 196 g/mol. The van der Waals surface area contributed by atoms with Gasteiger partial charge >= 0.3 is 0 Å². The van der Waals surface area contributed by atoms with Gasteiger partial charge in [0.25, 0.3) is 0 Å². The molecule has 0 fully saturated rings. The molecule has 4 heteroatoms. The number of aromatic nitrogens is 1. The summed E-state index contributed by atoms with van der Waals surface area (Å²) in [5.41, 5.74) is 6.19. The summed E-state index contributed by atoms with van der Waals surface area (Å²) in [6.45, 7) is 6.32. The fourth-order valence-corrected chi connectivity index (χ4v) is 0.994. The maximum Gasteiger partial charge on any atom is 0.240 e. The lowest BCUT2D eigenvalue weighted by Crippen LogP contribution is -2.08. The number of nitrogen functional groups attached to an aromatic ring is 1. The first-order valence-electron chi connectivity index (χ1n) is 4.69. The predicted octanol–water partition coefficient (Wildman–Crippen LogP) is 1.85. The topological polar surface area (TPSA) is 57.4 Å². The first-order valence-corrected chi connectivity index (χ1v) is 4.69. The summed E-state index contributed by atoms with van der Waals surface area (Å²) in [7, 11) is 0. The lowest BCUT2D eigenvalue weighted by atomic mass is 10.4. The van der Waals surface area contributed by atoms with Crippen LogP contribution in [-0.4, -0.2) is 17.7 Å². The Balaban J connectivity index is 2.83. The summed E-state index contributed by atoms with van der Waals surface area (Å²) < 4.78 is 10.7. The number of hydrogen-bond acceptors (Lipinski definition) is 4. The molecule has 1 aromatic heterocycles. The van der Waals surface area contributed by atoms with Crippen LogP contribution < -0.4 is 15.2 Å². The average Bonchev–Trinajstić information content (AvgIpc) is 2.10. The van der Waals surface area contributed by atoms with Crippen molar-refractivity contribution in [3.8, 4) is 11.8 Å². The van der Waals surface area contributed by atoms with Gasteiger partial charge in [0.15, 0.2) is 0 Å². The highest BCUT2D eigenvalue weighted by molar-refractivity contribution is 5.49. The maximum absolute atomic E-state index is 5.66. The molecule has 0 spiro atoms. The third kappa shape index (κ3) is 2.80. The van der Waals surface area contributed by atoms with E-state index < -0.39 is 0 Å². The van der Waals surface area contributed by atoms with Gasteiger partial charge in [-0.2, -0.15) is 4.98 Å². The van der Waals surface area contributed by atoms with Crippen molar-refractivity contribution in [2.45, 2.75) is 26.9 Å². The van der Waals surface area contributed by atoms with Crippen LogP contribution in [0.4, 0.5) is 5.69 Å². The summed E-state index contributed by atoms with van der Waals surface area (Å²) in [5, 5.41) is 0. The van der Waals surface area contributed by atoms with Crippen molar-refractivity contribution in [2.24, 2.45) is 0 Å². The van der Waals surface area contributed by atoms with Gasteiger partial charge in [-0.3, -0.25) is 0 Å². The van der Waals surface area contributed by atoms with Gasteiger partial charge in [-0.1, -0.05) is 0 Å². The van der Waals surface area contributed by atoms with Crippen LogP contribution in [0.1, 0.15) is 20.8 Å². The zero-order valence-electron chi connectivity index (χ0n) is 8.78. The van der Waals surface area contributed by atoms with Crippen LogP contribution in [0.2, 0.25) is 0 Å². The van der Waals surface area contributed by atoms with E-state index in [2.05, 4.69) is 4.98 Å². The molecule has 4 nitrogen and oxygen atoms in total. The third-order valence-corrected chi connectivity index (χ3v) is 1.50. The van der Waals surface area contributed by atoms with Crippen molar-refractivity contribution in [1.29, 1.82) is 0 Å². The summed E-state index contributed by atoms with van der Waals surface area (Å²) in [6.07, 6.45) is 0.0978. The van der Waals surface area contributed by atoms with Crippen molar-refractivity contribution in [2.75, 3.05) is 12.3 Å².